The number of nitrogens with one attached hydrogen (secondary N) is 1. The maximum absolute atomic E-state index is 11.8. The summed E-state index contributed by atoms with van der Waals surface area (Å²) in [5.74, 6) is 1.24. The van der Waals surface area contributed by atoms with Gasteiger partial charge in [0.25, 0.3) is 0 Å². The Bertz CT molecular complexity index is 598. The van der Waals surface area contributed by atoms with Crippen molar-refractivity contribution in [3.05, 3.63) is 52.2 Å². The molecule has 110 valence electrons. The fourth-order valence-electron chi connectivity index (χ4n) is 1.74. The molecule has 1 aromatic heterocycles. The average molecular weight is 303 g/mol. The topological polar surface area (TPSA) is 47.6 Å². The van der Waals surface area contributed by atoms with E-state index in [-0.39, 0.29) is 5.91 Å². The number of methoxy groups -OCH3 is 2. The number of thiophene rings is 1. The van der Waals surface area contributed by atoms with Crippen LogP contribution in [0.15, 0.2) is 41.8 Å². The summed E-state index contributed by atoms with van der Waals surface area (Å²) in [5, 5.41) is 4.82. The van der Waals surface area contributed by atoms with Crippen LogP contribution in [-0.2, 0) is 11.3 Å². The summed E-state index contributed by atoms with van der Waals surface area (Å²) in [6.45, 7) is 0.544. The van der Waals surface area contributed by atoms with Crippen molar-refractivity contribution in [1.29, 1.82) is 0 Å². The summed E-state index contributed by atoms with van der Waals surface area (Å²) in [7, 11) is 3.19. The normalized spacial score (nSPS) is 10.6. The molecule has 0 unspecified atom stereocenters. The molecule has 1 heterocycles. The molecule has 0 spiro atoms. The highest BCUT2D eigenvalue weighted by molar-refractivity contribution is 7.09. The van der Waals surface area contributed by atoms with Gasteiger partial charge in [-0.25, -0.2) is 0 Å². The van der Waals surface area contributed by atoms with Gasteiger partial charge in [-0.2, -0.15) is 0 Å². The molecular weight excluding hydrogens is 286 g/mol. The average Bonchev–Trinajstić information content (AvgIpc) is 3.03. The van der Waals surface area contributed by atoms with Crippen LogP contribution in [0.2, 0.25) is 0 Å². The van der Waals surface area contributed by atoms with Crippen LogP contribution >= 0.6 is 11.3 Å². The van der Waals surface area contributed by atoms with E-state index in [1.54, 1.807) is 37.7 Å². The lowest BCUT2D eigenvalue weighted by molar-refractivity contribution is -0.116. The molecule has 0 saturated heterocycles. The standard InChI is InChI=1S/C16H17NO3S/c1-19-13-8-12(9-14(10-13)20-2)5-6-16(18)17-11-15-4-3-7-21-15/h3-10H,11H2,1-2H3,(H,17,18)/b6-5+. The molecule has 0 radical (unpaired) electrons. The van der Waals surface area contributed by atoms with Crippen LogP contribution in [0.3, 0.4) is 0 Å². The van der Waals surface area contributed by atoms with Crippen molar-refractivity contribution in [2.45, 2.75) is 6.54 Å². The van der Waals surface area contributed by atoms with Gasteiger partial charge in [-0.05, 0) is 35.2 Å². The molecule has 4 nitrogen and oxygen atoms in total. The predicted molar refractivity (Wildman–Crippen MR) is 84.7 cm³/mol. The van der Waals surface area contributed by atoms with E-state index in [4.69, 9.17) is 9.47 Å². The number of amides is 1. The number of hydrogen-bond acceptors (Lipinski definition) is 4. The lowest BCUT2D eigenvalue weighted by Crippen LogP contribution is -2.19. The van der Waals surface area contributed by atoms with Gasteiger partial charge >= 0.3 is 0 Å². The van der Waals surface area contributed by atoms with E-state index in [9.17, 15) is 4.79 Å². The molecule has 0 aliphatic heterocycles. The Morgan fingerprint density at radius 3 is 2.52 bits per heavy atom. The number of benzene rings is 1. The number of rotatable bonds is 6. The van der Waals surface area contributed by atoms with Gasteiger partial charge in [0, 0.05) is 17.0 Å². The first-order valence-electron chi connectivity index (χ1n) is 6.42. The second-order valence-corrected chi connectivity index (χ2v) is 5.31. The Morgan fingerprint density at radius 1 is 1.24 bits per heavy atom. The van der Waals surface area contributed by atoms with Gasteiger partial charge in [0.15, 0.2) is 0 Å². The predicted octanol–water partition coefficient (Wildman–Crippen LogP) is 3.09. The molecule has 2 aromatic rings. The minimum atomic E-state index is -0.134. The van der Waals surface area contributed by atoms with Crippen molar-refractivity contribution in [2.75, 3.05) is 14.2 Å². The second-order valence-electron chi connectivity index (χ2n) is 4.28. The molecule has 0 saturated carbocycles. The van der Waals surface area contributed by atoms with Crippen LogP contribution in [-0.4, -0.2) is 20.1 Å². The van der Waals surface area contributed by atoms with Crippen molar-refractivity contribution in [1.82, 2.24) is 5.32 Å². The molecule has 0 fully saturated rings. The number of hydrogen-bond donors (Lipinski definition) is 1. The summed E-state index contributed by atoms with van der Waals surface area (Å²) in [5.41, 5.74) is 0.845. The molecular formula is C16H17NO3S. The molecule has 1 amide bonds. The van der Waals surface area contributed by atoms with Gasteiger partial charge in [-0.15, -0.1) is 11.3 Å². The highest BCUT2D eigenvalue weighted by atomic mass is 32.1. The van der Waals surface area contributed by atoms with Crippen LogP contribution < -0.4 is 14.8 Å². The first-order chi connectivity index (χ1) is 10.2. The molecule has 0 aliphatic carbocycles. The van der Waals surface area contributed by atoms with Crippen LogP contribution in [0, 0.1) is 0 Å². The molecule has 5 heteroatoms. The third-order valence-corrected chi connectivity index (χ3v) is 3.69. The van der Waals surface area contributed by atoms with Gasteiger partial charge in [-0.1, -0.05) is 6.07 Å². The first-order valence-corrected chi connectivity index (χ1v) is 7.30. The van der Waals surface area contributed by atoms with Crippen molar-refractivity contribution in [3.63, 3.8) is 0 Å². The summed E-state index contributed by atoms with van der Waals surface area (Å²) < 4.78 is 10.4. The zero-order chi connectivity index (χ0) is 15.1. The lowest BCUT2D eigenvalue weighted by atomic mass is 10.2. The van der Waals surface area contributed by atoms with E-state index in [1.807, 2.05) is 29.6 Å². The molecule has 0 atom stereocenters. The highest BCUT2D eigenvalue weighted by Crippen LogP contribution is 2.23. The Hall–Kier alpha value is -2.27. The van der Waals surface area contributed by atoms with E-state index in [1.165, 1.54) is 6.08 Å². The Balaban J connectivity index is 1.97. The SMILES string of the molecule is COc1cc(/C=C/C(=O)NCc2cccs2)cc(OC)c1. The van der Waals surface area contributed by atoms with Crippen LogP contribution in [0.25, 0.3) is 6.08 Å². The summed E-state index contributed by atoms with van der Waals surface area (Å²) >= 11 is 1.62. The zero-order valence-corrected chi connectivity index (χ0v) is 12.8. The molecule has 1 N–H and O–H groups in total. The number of carbonyl (C=O) groups excluding carboxylic acids is 1. The van der Waals surface area contributed by atoms with Crippen LogP contribution in [0.5, 0.6) is 11.5 Å². The fourth-order valence-corrected chi connectivity index (χ4v) is 2.39. The van der Waals surface area contributed by atoms with E-state index in [0.29, 0.717) is 18.0 Å². The van der Waals surface area contributed by atoms with Gasteiger partial charge in [-0.3, -0.25) is 4.79 Å². The maximum atomic E-state index is 11.8. The molecule has 1 aromatic carbocycles. The lowest BCUT2D eigenvalue weighted by Gasteiger charge is -2.05. The van der Waals surface area contributed by atoms with Gasteiger partial charge in [0.1, 0.15) is 11.5 Å². The Labute approximate surface area is 128 Å². The van der Waals surface area contributed by atoms with Gasteiger partial charge < -0.3 is 14.8 Å². The minimum Gasteiger partial charge on any atom is -0.497 e. The van der Waals surface area contributed by atoms with Crippen LogP contribution in [0.1, 0.15) is 10.4 Å². The third kappa shape index (κ3) is 4.65. The molecule has 0 bridgehead atoms. The monoisotopic (exact) mass is 303 g/mol. The maximum Gasteiger partial charge on any atom is 0.244 e. The molecule has 0 aliphatic rings. The van der Waals surface area contributed by atoms with Crippen molar-refractivity contribution in [2.24, 2.45) is 0 Å². The molecule has 21 heavy (non-hydrogen) atoms. The van der Waals surface area contributed by atoms with Gasteiger partial charge in [0.2, 0.25) is 5.91 Å². The minimum absolute atomic E-state index is 0.134. The quantitative estimate of drug-likeness (QED) is 0.834. The van der Waals surface area contributed by atoms with E-state index in [0.717, 1.165) is 10.4 Å². The Kier molecular flexibility index (Phi) is 5.40. The smallest absolute Gasteiger partial charge is 0.244 e. The zero-order valence-electron chi connectivity index (χ0n) is 12.0. The van der Waals surface area contributed by atoms with Crippen molar-refractivity contribution in [3.8, 4) is 11.5 Å². The Morgan fingerprint density at radius 2 is 1.95 bits per heavy atom. The largest absolute Gasteiger partial charge is 0.497 e. The summed E-state index contributed by atoms with van der Waals surface area (Å²) in [4.78, 5) is 12.9. The second kappa shape index (κ2) is 7.50. The fraction of sp³-hybridized carbons (Fsp3) is 0.188. The number of carbonyl (C=O) groups is 1. The summed E-state index contributed by atoms with van der Waals surface area (Å²) in [6, 6.07) is 9.41. The number of ether oxygens (including phenoxy) is 2. The molecule has 2 rings (SSSR count). The van der Waals surface area contributed by atoms with Crippen molar-refractivity contribution >= 4 is 23.3 Å². The van der Waals surface area contributed by atoms with Gasteiger partial charge in [0.05, 0.1) is 20.8 Å². The van der Waals surface area contributed by atoms with E-state index >= 15 is 0 Å². The first kappa shape index (κ1) is 15.1. The summed E-state index contributed by atoms with van der Waals surface area (Å²) in [6.07, 6.45) is 3.23. The van der Waals surface area contributed by atoms with Crippen LogP contribution in [0.4, 0.5) is 0 Å². The van der Waals surface area contributed by atoms with E-state index in [2.05, 4.69) is 5.32 Å². The van der Waals surface area contributed by atoms with Crippen molar-refractivity contribution < 1.29 is 14.3 Å². The van der Waals surface area contributed by atoms with E-state index < -0.39 is 0 Å². The highest BCUT2D eigenvalue weighted by Gasteiger charge is 2.01. The third-order valence-electron chi connectivity index (χ3n) is 2.82.